The Morgan fingerprint density at radius 1 is 1.33 bits per heavy atom. The minimum Gasteiger partial charge on any atom is -0.375 e. The SMILES string of the molecule is CCOCc1cnc2n1CCN(C(=O)N1CCCC1)[C@@H]2C. The molecule has 2 aliphatic heterocycles. The molecule has 0 radical (unpaired) electrons. The van der Waals surface area contributed by atoms with E-state index in [0.717, 1.165) is 50.5 Å². The van der Waals surface area contributed by atoms with Crippen molar-refractivity contribution in [2.24, 2.45) is 0 Å². The van der Waals surface area contributed by atoms with Gasteiger partial charge in [0.05, 0.1) is 24.5 Å². The fourth-order valence-electron chi connectivity index (χ4n) is 3.23. The van der Waals surface area contributed by atoms with Gasteiger partial charge in [-0.05, 0) is 26.7 Å². The van der Waals surface area contributed by atoms with Gasteiger partial charge in [0.25, 0.3) is 0 Å². The molecule has 3 heterocycles. The van der Waals surface area contributed by atoms with Crippen molar-refractivity contribution >= 4 is 6.03 Å². The second-order valence-electron chi connectivity index (χ2n) is 5.74. The number of carbonyl (C=O) groups is 1. The third-order valence-electron chi connectivity index (χ3n) is 4.45. The number of hydrogen-bond donors (Lipinski definition) is 0. The minimum absolute atomic E-state index is 0.0298. The van der Waals surface area contributed by atoms with Crippen LogP contribution in [0.3, 0.4) is 0 Å². The Labute approximate surface area is 125 Å². The zero-order chi connectivity index (χ0) is 14.8. The van der Waals surface area contributed by atoms with Crippen LogP contribution in [0.15, 0.2) is 6.20 Å². The number of rotatable bonds is 3. The number of amides is 2. The molecule has 3 rings (SSSR count). The van der Waals surface area contributed by atoms with Crippen molar-refractivity contribution in [1.82, 2.24) is 19.4 Å². The number of likely N-dealkylation sites (tertiary alicyclic amines) is 1. The average molecular weight is 292 g/mol. The molecule has 0 spiro atoms. The first kappa shape index (κ1) is 14.4. The van der Waals surface area contributed by atoms with Crippen molar-refractivity contribution in [1.29, 1.82) is 0 Å². The van der Waals surface area contributed by atoms with E-state index < -0.39 is 0 Å². The van der Waals surface area contributed by atoms with E-state index in [9.17, 15) is 4.79 Å². The molecule has 1 saturated heterocycles. The van der Waals surface area contributed by atoms with Crippen LogP contribution in [0.1, 0.15) is 44.2 Å². The van der Waals surface area contributed by atoms with Gasteiger partial charge in [0, 0.05) is 32.8 Å². The molecule has 0 N–H and O–H groups in total. The number of nitrogens with zero attached hydrogens (tertiary/aromatic N) is 4. The Bertz CT molecular complexity index is 508. The predicted octanol–water partition coefficient (Wildman–Crippen LogP) is 2.01. The topological polar surface area (TPSA) is 50.6 Å². The van der Waals surface area contributed by atoms with Crippen LogP contribution in [0.2, 0.25) is 0 Å². The molecule has 6 heteroatoms. The lowest BCUT2D eigenvalue weighted by atomic mass is 10.2. The molecule has 0 unspecified atom stereocenters. The molecule has 1 aromatic rings. The van der Waals surface area contributed by atoms with Gasteiger partial charge >= 0.3 is 6.03 Å². The maximum atomic E-state index is 12.6. The molecule has 21 heavy (non-hydrogen) atoms. The highest BCUT2D eigenvalue weighted by Gasteiger charge is 2.33. The lowest BCUT2D eigenvalue weighted by Gasteiger charge is -2.36. The maximum absolute atomic E-state index is 12.6. The summed E-state index contributed by atoms with van der Waals surface area (Å²) >= 11 is 0. The Kier molecular flexibility index (Phi) is 4.14. The molecule has 116 valence electrons. The molecule has 2 amide bonds. The van der Waals surface area contributed by atoms with Crippen molar-refractivity contribution in [3.05, 3.63) is 17.7 Å². The van der Waals surface area contributed by atoms with Crippen LogP contribution in [0.4, 0.5) is 4.79 Å². The molecular weight excluding hydrogens is 268 g/mol. The Balaban J connectivity index is 1.74. The molecule has 2 aliphatic rings. The number of ether oxygens (including phenoxy) is 1. The standard InChI is InChI=1S/C15H24N4O2/c1-3-21-11-13-10-16-14-12(2)18(8-9-19(13)14)15(20)17-6-4-5-7-17/h10,12H,3-9,11H2,1-2H3/t12-/m1/s1. The van der Waals surface area contributed by atoms with Crippen LogP contribution in [0.25, 0.3) is 0 Å². The predicted molar refractivity (Wildman–Crippen MR) is 78.9 cm³/mol. The quantitative estimate of drug-likeness (QED) is 0.856. The Morgan fingerprint density at radius 2 is 2.10 bits per heavy atom. The first-order chi connectivity index (χ1) is 10.2. The fraction of sp³-hybridized carbons (Fsp3) is 0.733. The zero-order valence-corrected chi connectivity index (χ0v) is 12.9. The van der Waals surface area contributed by atoms with Crippen molar-refractivity contribution in [2.75, 3.05) is 26.2 Å². The Morgan fingerprint density at radius 3 is 2.81 bits per heavy atom. The van der Waals surface area contributed by atoms with Crippen molar-refractivity contribution < 1.29 is 9.53 Å². The second kappa shape index (κ2) is 6.05. The van der Waals surface area contributed by atoms with Gasteiger partial charge in [-0.25, -0.2) is 9.78 Å². The van der Waals surface area contributed by atoms with E-state index in [2.05, 4.69) is 16.5 Å². The van der Waals surface area contributed by atoms with Crippen LogP contribution in [0, 0.1) is 0 Å². The monoisotopic (exact) mass is 292 g/mol. The van der Waals surface area contributed by atoms with Gasteiger partial charge in [0.2, 0.25) is 0 Å². The molecular formula is C15H24N4O2. The number of aromatic nitrogens is 2. The molecule has 0 saturated carbocycles. The van der Waals surface area contributed by atoms with Crippen molar-refractivity contribution in [3.63, 3.8) is 0 Å². The first-order valence-electron chi connectivity index (χ1n) is 7.90. The lowest BCUT2D eigenvalue weighted by Crippen LogP contribution is -2.47. The summed E-state index contributed by atoms with van der Waals surface area (Å²) in [6, 6.07) is 0.197. The van der Waals surface area contributed by atoms with Gasteiger partial charge in [-0.1, -0.05) is 0 Å². The fourth-order valence-corrected chi connectivity index (χ4v) is 3.23. The van der Waals surface area contributed by atoms with Crippen LogP contribution < -0.4 is 0 Å². The summed E-state index contributed by atoms with van der Waals surface area (Å²) in [6.07, 6.45) is 4.13. The van der Waals surface area contributed by atoms with E-state index in [-0.39, 0.29) is 12.1 Å². The highest BCUT2D eigenvalue weighted by atomic mass is 16.5. The Hall–Kier alpha value is -1.56. The van der Waals surface area contributed by atoms with Crippen LogP contribution in [-0.4, -0.2) is 51.6 Å². The summed E-state index contributed by atoms with van der Waals surface area (Å²) in [4.78, 5) is 21.0. The van der Waals surface area contributed by atoms with Gasteiger partial charge in [0.1, 0.15) is 5.82 Å². The van der Waals surface area contributed by atoms with Gasteiger partial charge in [-0.2, -0.15) is 0 Å². The summed E-state index contributed by atoms with van der Waals surface area (Å²) in [5, 5.41) is 0. The third-order valence-corrected chi connectivity index (χ3v) is 4.45. The van der Waals surface area contributed by atoms with Gasteiger partial charge < -0.3 is 19.1 Å². The van der Waals surface area contributed by atoms with E-state index in [1.165, 1.54) is 0 Å². The summed E-state index contributed by atoms with van der Waals surface area (Å²) in [7, 11) is 0. The highest BCUT2D eigenvalue weighted by molar-refractivity contribution is 5.75. The van der Waals surface area contributed by atoms with Crippen LogP contribution in [0.5, 0.6) is 0 Å². The van der Waals surface area contributed by atoms with E-state index >= 15 is 0 Å². The second-order valence-corrected chi connectivity index (χ2v) is 5.74. The van der Waals surface area contributed by atoms with Crippen molar-refractivity contribution in [3.8, 4) is 0 Å². The normalized spacial score (nSPS) is 21.7. The number of hydrogen-bond acceptors (Lipinski definition) is 3. The van der Waals surface area contributed by atoms with Crippen LogP contribution in [-0.2, 0) is 17.9 Å². The highest BCUT2D eigenvalue weighted by Crippen LogP contribution is 2.27. The zero-order valence-electron chi connectivity index (χ0n) is 12.9. The third kappa shape index (κ3) is 2.64. The van der Waals surface area contributed by atoms with E-state index in [4.69, 9.17) is 4.74 Å². The molecule has 0 bridgehead atoms. The molecule has 0 aliphatic carbocycles. The molecule has 0 aromatic carbocycles. The average Bonchev–Trinajstić information content (AvgIpc) is 3.15. The minimum atomic E-state index is 0.0298. The summed E-state index contributed by atoms with van der Waals surface area (Å²) in [5.74, 6) is 0.975. The molecule has 1 aromatic heterocycles. The lowest BCUT2D eigenvalue weighted by molar-refractivity contribution is 0.116. The molecule has 6 nitrogen and oxygen atoms in total. The van der Waals surface area contributed by atoms with Gasteiger partial charge in [-0.3, -0.25) is 0 Å². The smallest absolute Gasteiger partial charge is 0.320 e. The summed E-state index contributed by atoms with van der Waals surface area (Å²) < 4.78 is 7.69. The van der Waals surface area contributed by atoms with Gasteiger partial charge in [0.15, 0.2) is 0 Å². The van der Waals surface area contributed by atoms with Crippen molar-refractivity contribution in [2.45, 2.75) is 45.9 Å². The van der Waals surface area contributed by atoms with Gasteiger partial charge in [-0.15, -0.1) is 0 Å². The number of carbonyl (C=O) groups excluding carboxylic acids is 1. The van der Waals surface area contributed by atoms with Crippen LogP contribution >= 0.6 is 0 Å². The maximum Gasteiger partial charge on any atom is 0.320 e. The van der Waals surface area contributed by atoms with E-state index in [1.807, 2.05) is 22.9 Å². The summed E-state index contributed by atoms with van der Waals surface area (Å²) in [6.45, 7) is 8.70. The molecule has 1 fully saturated rings. The summed E-state index contributed by atoms with van der Waals surface area (Å²) in [5.41, 5.74) is 1.10. The first-order valence-corrected chi connectivity index (χ1v) is 7.90. The largest absolute Gasteiger partial charge is 0.375 e. The number of fused-ring (bicyclic) bond motifs is 1. The number of imidazole rings is 1. The van der Waals surface area contributed by atoms with E-state index in [1.54, 1.807) is 0 Å². The number of urea groups is 1. The van der Waals surface area contributed by atoms with E-state index in [0.29, 0.717) is 13.2 Å². The molecule has 1 atom stereocenters.